The smallest absolute Gasteiger partial charge is 0.312 e. The van der Waals surface area contributed by atoms with Gasteiger partial charge in [-0.05, 0) is 11.6 Å². The Bertz CT molecular complexity index is 814. The van der Waals surface area contributed by atoms with Crippen molar-refractivity contribution in [1.82, 2.24) is 19.5 Å². The molecule has 0 unspecified atom stereocenters. The maximum atomic E-state index is 13.5. The Morgan fingerprint density at radius 3 is 2.90 bits per heavy atom. The predicted octanol–water partition coefficient (Wildman–Crippen LogP) is 3.33. The molecule has 0 aliphatic heterocycles. The highest BCUT2D eigenvalue weighted by atomic mass is 35.5. The second-order valence-corrected chi connectivity index (χ2v) is 4.70. The number of fused-ring (bicyclic) bond motifs is 1. The number of rotatable bonds is 4. The van der Waals surface area contributed by atoms with Crippen LogP contribution in [0.25, 0.3) is 17.4 Å². The SMILES string of the molecule is C=Cn1cnc2c(NCc3ccccc3Cl)nc(F)nc21. The summed E-state index contributed by atoms with van der Waals surface area (Å²) in [6, 6.07) is 7.40. The van der Waals surface area contributed by atoms with Crippen molar-refractivity contribution in [2.24, 2.45) is 0 Å². The molecule has 0 aliphatic rings. The highest BCUT2D eigenvalue weighted by Crippen LogP contribution is 2.21. The maximum absolute atomic E-state index is 13.5. The van der Waals surface area contributed by atoms with E-state index in [0.717, 1.165) is 5.56 Å². The molecule has 1 N–H and O–H groups in total. The Morgan fingerprint density at radius 1 is 1.33 bits per heavy atom. The Hall–Kier alpha value is -2.47. The number of aromatic nitrogens is 4. The molecule has 7 heteroatoms. The lowest BCUT2D eigenvalue weighted by atomic mass is 10.2. The second-order valence-electron chi connectivity index (χ2n) is 4.29. The minimum Gasteiger partial charge on any atom is -0.364 e. The summed E-state index contributed by atoms with van der Waals surface area (Å²) in [4.78, 5) is 11.6. The first kappa shape index (κ1) is 13.5. The van der Waals surface area contributed by atoms with Crippen molar-refractivity contribution in [2.75, 3.05) is 5.32 Å². The van der Waals surface area contributed by atoms with E-state index in [1.54, 1.807) is 6.07 Å². The third-order valence-corrected chi connectivity index (χ3v) is 3.36. The van der Waals surface area contributed by atoms with Gasteiger partial charge in [-0.3, -0.25) is 4.57 Å². The molecule has 0 saturated carbocycles. The quantitative estimate of drug-likeness (QED) is 0.751. The summed E-state index contributed by atoms with van der Waals surface area (Å²) in [7, 11) is 0. The van der Waals surface area contributed by atoms with Gasteiger partial charge < -0.3 is 5.32 Å². The molecule has 2 aromatic heterocycles. The van der Waals surface area contributed by atoms with Crippen molar-refractivity contribution in [1.29, 1.82) is 0 Å². The molecule has 0 spiro atoms. The van der Waals surface area contributed by atoms with Crippen LogP contribution in [0, 0.1) is 6.08 Å². The van der Waals surface area contributed by atoms with Crippen LogP contribution >= 0.6 is 11.6 Å². The first-order chi connectivity index (χ1) is 10.2. The van der Waals surface area contributed by atoms with Crippen LogP contribution in [0.5, 0.6) is 0 Å². The number of imidazole rings is 1. The number of halogens is 2. The van der Waals surface area contributed by atoms with Gasteiger partial charge in [0.2, 0.25) is 0 Å². The summed E-state index contributed by atoms with van der Waals surface area (Å²) in [6.07, 6.45) is 2.18. The number of hydrogen-bond donors (Lipinski definition) is 1. The van der Waals surface area contributed by atoms with Gasteiger partial charge in [0.05, 0.1) is 0 Å². The number of anilines is 1. The molecule has 0 fully saturated rings. The van der Waals surface area contributed by atoms with E-state index < -0.39 is 6.08 Å². The minimum absolute atomic E-state index is 0.318. The molecule has 0 amide bonds. The third-order valence-electron chi connectivity index (χ3n) is 2.99. The molecule has 0 radical (unpaired) electrons. The molecule has 0 bridgehead atoms. The van der Waals surface area contributed by atoms with Gasteiger partial charge in [0.1, 0.15) is 6.33 Å². The number of nitrogens with one attached hydrogen (secondary N) is 1. The molecular weight excluding hydrogens is 293 g/mol. The maximum Gasteiger partial charge on any atom is 0.312 e. The number of benzene rings is 1. The topological polar surface area (TPSA) is 55.6 Å². The van der Waals surface area contributed by atoms with E-state index >= 15 is 0 Å². The van der Waals surface area contributed by atoms with Crippen molar-refractivity contribution in [3.63, 3.8) is 0 Å². The average molecular weight is 304 g/mol. The first-order valence-corrected chi connectivity index (χ1v) is 6.56. The normalized spacial score (nSPS) is 10.8. The third kappa shape index (κ3) is 2.57. The molecule has 0 aliphatic carbocycles. The molecule has 0 atom stereocenters. The zero-order valence-electron chi connectivity index (χ0n) is 10.9. The summed E-state index contributed by atoms with van der Waals surface area (Å²) < 4.78 is 15.1. The fraction of sp³-hybridized carbons (Fsp3) is 0.0714. The van der Waals surface area contributed by atoms with Crippen LogP contribution in [0.15, 0.2) is 37.2 Å². The number of hydrogen-bond acceptors (Lipinski definition) is 4. The van der Waals surface area contributed by atoms with E-state index in [1.807, 2.05) is 18.2 Å². The van der Waals surface area contributed by atoms with Gasteiger partial charge in [0.15, 0.2) is 17.0 Å². The summed E-state index contributed by atoms with van der Waals surface area (Å²) in [5, 5.41) is 3.67. The van der Waals surface area contributed by atoms with Crippen LogP contribution in [0.2, 0.25) is 5.02 Å². The van der Waals surface area contributed by atoms with Gasteiger partial charge in [0, 0.05) is 17.8 Å². The Morgan fingerprint density at radius 2 is 2.14 bits per heavy atom. The fourth-order valence-electron chi connectivity index (χ4n) is 1.97. The summed E-state index contributed by atoms with van der Waals surface area (Å²) in [5.74, 6) is 0.318. The van der Waals surface area contributed by atoms with Crippen LogP contribution < -0.4 is 5.32 Å². The van der Waals surface area contributed by atoms with E-state index in [-0.39, 0.29) is 0 Å². The Kier molecular flexibility index (Phi) is 3.53. The standard InChI is InChI=1S/C14H11ClFN5/c1-2-21-8-18-11-12(19-14(16)20-13(11)21)17-7-9-5-3-4-6-10(9)15/h2-6,8H,1,7H2,(H,17,19,20). The monoisotopic (exact) mass is 303 g/mol. The van der Waals surface area contributed by atoms with Gasteiger partial charge in [-0.15, -0.1) is 0 Å². The average Bonchev–Trinajstić information content (AvgIpc) is 2.89. The van der Waals surface area contributed by atoms with E-state index in [2.05, 4.69) is 26.8 Å². The zero-order valence-corrected chi connectivity index (χ0v) is 11.7. The molecule has 5 nitrogen and oxygen atoms in total. The molecule has 2 heterocycles. The minimum atomic E-state index is -0.826. The molecule has 3 rings (SSSR count). The lowest BCUT2D eigenvalue weighted by Crippen LogP contribution is -2.05. The van der Waals surface area contributed by atoms with Gasteiger partial charge >= 0.3 is 6.08 Å². The molecule has 106 valence electrons. The summed E-state index contributed by atoms with van der Waals surface area (Å²) in [5.41, 5.74) is 1.72. The molecule has 21 heavy (non-hydrogen) atoms. The van der Waals surface area contributed by atoms with E-state index in [9.17, 15) is 4.39 Å². The molecule has 3 aromatic rings. The Balaban J connectivity index is 1.95. The fourth-order valence-corrected chi connectivity index (χ4v) is 2.17. The van der Waals surface area contributed by atoms with Crippen molar-refractivity contribution in [3.8, 4) is 0 Å². The molecular formula is C14H11ClFN5. The van der Waals surface area contributed by atoms with E-state index in [1.165, 1.54) is 17.1 Å². The van der Waals surface area contributed by atoms with Crippen molar-refractivity contribution in [3.05, 3.63) is 53.8 Å². The second kappa shape index (κ2) is 5.49. The van der Waals surface area contributed by atoms with Gasteiger partial charge in [-0.1, -0.05) is 36.4 Å². The van der Waals surface area contributed by atoms with Crippen LogP contribution in [0.1, 0.15) is 5.56 Å². The highest BCUT2D eigenvalue weighted by Gasteiger charge is 2.12. The lowest BCUT2D eigenvalue weighted by Gasteiger charge is -2.07. The van der Waals surface area contributed by atoms with Gasteiger partial charge in [-0.2, -0.15) is 14.4 Å². The molecule has 1 aromatic carbocycles. The molecule has 0 saturated heterocycles. The largest absolute Gasteiger partial charge is 0.364 e. The van der Waals surface area contributed by atoms with Gasteiger partial charge in [-0.25, -0.2) is 4.98 Å². The predicted molar refractivity (Wildman–Crippen MR) is 80.4 cm³/mol. The van der Waals surface area contributed by atoms with Crippen molar-refractivity contribution >= 4 is 34.8 Å². The summed E-state index contributed by atoms with van der Waals surface area (Å²) in [6.45, 7) is 4.03. The van der Waals surface area contributed by atoms with Crippen molar-refractivity contribution in [2.45, 2.75) is 6.54 Å². The van der Waals surface area contributed by atoms with E-state index in [0.29, 0.717) is 28.5 Å². The van der Waals surface area contributed by atoms with Crippen molar-refractivity contribution < 1.29 is 4.39 Å². The summed E-state index contributed by atoms with van der Waals surface area (Å²) >= 11 is 6.09. The van der Waals surface area contributed by atoms with Gasteiger partial charge in [0.25, 0.3) is 0 Å². The van der Waals surface area contributed by atoms with Crippen LogP contribution in [0.4, 0.5) is 10.2 Å². The van der Waals surface area contributed by atoms with Crippen LogP contribution in [-0.4, -0.2) is 19.5 Å². The highest BCUT2D eigenvalue weighted by molar-refractivity contribution is 6.31. The van der Waals surface area contributed by atoms with Crippen LogP contribution in [-0.2, 0) is 6.54 Å². The van der Waals surface area contributed by atoms with E-state index in [4.69, 9.17) is 11.6 Å². The number of nitrogens with zero attached hydrogens (tertiary/aromatic N) is 4. The lowest BCUT2D eigenvalue weighted by molar-refractivity contribution is 0.544. The first-order valence-electron chi connectivity index (χ1n) is 6.19. The van der Waals surface area contributed by atoms with Crippen LogP contribution in [0.3, 0.4) is 0 Å². The zero-order chi connectivity index (χ0) is 14.8. The Labute approximate surface area is 125 Å².